The molecule has 0 aliphatic heterocycles. The third-order valence-corrected chi connectivity index (χ3v) is 3.78. The van der Waals surface area contributed by atoms with Gasteiger partial charge in [0.05, 0.1) is 12.7 Å². The van der Waals surface area contributed by atoms with Crippen LogP contribution in [0.1, 0.15) is 41.3 Å². The molecule has 0 bridgehead atoms. The number of amides is 1. The van der Waals surface area contributed by atoms with Crippen LogP contribution in [0.25, 0.3) is 0 Å². The highest BCUT2D eigenvalue weighted by Gasteiger charge is 2.06. The van der Waals surface area contributed by atoms with Crippen LogP contribution in [0.2, 0.25) is 0 Å². The van der Waals surface area contributed by atoms with Crippen LogP contribution >= 0.6 is 0 Å². The number of carbonyl (C=O) groups is 2. The molecule has 5 heteroatoms. The van der Waals surface area contributed by atoms with Crippen molar-refractivity contribution in [3.63, 3.8) is 0 Å². The Bertz CT molecular complexity index is 705. The van der Waals surface area contributed by atoms with E-state index in [0.717, 1.165) is 5.56 Å². The van der Waals surface area contributed by atoms with Crippen LogP contribution in [-0.4, -0.2) is 25.6 Å². The molecule has 0 unspecified atom stereocenters. The summed E-state index contributed by atoms with van der Waals surface area (Å²) in [6, 6.07) is 14.6. The van der Waals surface area contributed by atoms with E-state index in [0.29, 0.717) is 23.8 Å². The third kappa shape index (κ3) is 5.64. The van der Waals surface area contributed by atoms with Gasteiger partial charge in [-0.1, -0.05) is 38.1 Å². The molecule has 0 saturated carbocycles. The molecule has 0 spiro atoms. The van der Waals surface area contributed by atoms with Crippen molar-refractivity contribution in [2.24, 2.45) is 0 Å². The Labute approximate surface area is 148 Å². The molecule has 25 heavy (non-hydrogen) atoms. The van der Waals surface area contributed by atoms with Crippen LogP contribution in [0.15, 0.2) is 48.5 Å². The highest BCUT2D eigenvalue weighted by Crippen LogP contribution is 2.18. The van der Waals surface area contributed by atoms with Crippen molar-refractivity contribution in [3.05, 3.63) is 65.2 Å². The average Bonchev–Trinajstić information content (AvgIpc) is 2.64. The second-order valence-electron chi connectivity index (χ2n) is 5.98. The van der Waals surface area contributed by atoms with E-state index in [4.69, 9.17) is 4.74 Å². The van der Waals surface area contributed by atoms with Gasteiger partial charge in [-0.2, -0.15) is 0 Å². The van der Waals surface area contributed by atoms with E-state index in [1.807, 2.05) is 24.3 Å². The van der Waals surface area contributed by atoms with Gasteiger partial charge in [0.15, 0.2) is 6.61 Å². The van der Waals surface area contributed by atoms with Gasteiger partial charge >= 0.3 is 5.97 Å². The van der Waals surface area contributed by atoms with Crippen LogP contribution < -0.4 is 10.1 Å². The first-order valence-corrected chi connectivity index (χ1v) is 8.16. The fourth-order valence-corrected chi connectivity index (χ4v) is 2.23. The third-order valence-electron chi connectivity index (χ3n) is 3.78. The molecule has 1 N–H and O–H groups in total. The van der Waals surface area contributed by atoms with Crippen LogP contribution in [-0.2, 0) is 16.1 Å². The topological polar surface area (TPSA) is 64.6 Å². The van der Waals surface area contributed by atoms with Gasteiger partial charge < -0.3 is 14.8 Å². The quantitative estimate of drug-likeness (QED) is 0.785. The molecule has 0 atom stereocenters. The Kier molecular flexibility index (Phi) is 6.57. The minimum Gasteiger partial charge on any atom is -0.484 e. The molecule has 0 fully saturated rings. The molecule has 5 nitrogen and oxygen atoms in total. The number of ether oxygens (including phenoxy) is 2. The van der Waals surface area contributed by atoms with Crippen molar-refractivity contribution < 1.29 is 19.1 Å². The van der Waals surface area contributed by atoms with E-state index in [2.05, 4.69) is 23.9 Å². The molecule has 2 aromatic rings. The molecule has 0 aliphatic rings. The Morgan fingerprint density at radius 1 is 1.00 bits per heavy atom. The molecule has 0 radical (unpaired) electrons. The summed E-state index contributed by atoms with van der Waals surface area (Å²) in [4.78, 5) is 23.2. The summed E-state index contributed by atoms with van der Waals surface area (Å²) in [5.41, 5.74) is 2.60. The molecular weight excluding hydrogens is 318 g/mol. The van der Waals surface area contributed by atoms with Gasteiger partial charge in [-0.15, -0.1) is 0 Å². The van der Waals surface area contributed by atoms with Gasteiger partial charge in [-0.25, -0.2) is 4.79 Å². The highest BCUT2D eigenvalue weighted by atomic mass is 16.5. The lowest BCUT2D eigenvalue weighted by molar-refractivity contribution is -0.123. The van der Waals surface area contributed by atoms with Crippen LogP contribution in [0.5, 0.6) is 5.75 Å². The standard InChI is InChI=1S/C20H23NO4/c1-14(2)16-8-10-18(11-9-16)25-13-19(22)21-12-15-4-6-17(7-5-15)20(23)24-3/h4-11,14H,12-13H2,1-3H3,(H,21,22). The summed E-state index contributed by atoms with van der Waals surface area (Å²) in [6.45, 7) is 4.58. The van der Waals surface area contributed by atoms with Crippen LogP contribution in [0.3, 0.4) is 0 Å². The largest absolute Gasteiger partial charge is 0.484 e. The van der Waals surface area contributed by atoms with Gasteiger partial charge in [0.1, 0.15) is 5.75 Å². The predicted molar refractivity (Wildman–Crippen MR) is 95.7 cm³/mol. The Morgan fingerprint density at radius 2 is 1.64 bits per heavy atom. The fourth-order valence-electron chi connectivity index (χ4n) is 2.23. The molecule has 132 valence electrons. The molecule has 0 heterocycles. The van der Waals surface area contributed by atoms with Crippen molar-refractivity contribution in [3.8, 4) is 5.75 Å². The van der Waals surface area contributed by atoms with E-state index >= 15 is 0 Å². The zero-order chi connectivity index (χ0) is 18.2. The van der Waals surface area contributed by atoms with E-state index in [-0.39, 0.29) is 18.5 Å². The van der Waals surface area contributed by atoms with Crippen molar-refractivity contribution in [2.45, 2.75) is 26.3 Å². The maximum Gasteiger partial charge on any atom is 0.337 e. The maximum absolute atomic E-state index is 11.9. The monoisotopic (exact) mass is 341 g/mol. The van der Waals surface area contributed by atoms with Gasteiger partial charge in [-0.05, 0) is 41.3 Å². The number of benzene rings is 2. The average molecular weight is 341 g/mol. The lowest BCUT2D eigenvalue weighted by Crippen LogP contribution is -2.28. The smallest absolute Gasteiger partial charge is 0.337 e. The number of esters is 1. The van der Waals surface area contributed by atoms with Gasteiger partial charge in [0.2, 0.25) is 0 Å². The molecule has 1 amide bonds. The molecular formula is C20H23NO4. The van der Waals surface area contributed by atoms with Gasteiger partial charge in [0.25, 0.3) is 5.91 Å². The number of carbonyl (C=O) groups excluding carboxylic acids is 2. The molecule has 2 aromatic carbocycles. The zero-order valence-electron chi connectivity index (χ0n) is 14.7. The lowest BCUT2D eigenvalue weighted by Gasteiger charge is -2.09. The van der Waals surface area contributed by atoms with Crippen molar-refractivity contribution >= 4 is 11.9 Å². The number of hydrogen-bond donors (Lipinski definition) is 1. The second kappa shape index (κ2) is 8.87. The summed E-state index contributed by atoms with van der Waals surface area (Å²) in [7, 11) is 1.34. The Morgan fingerprint density at radius 3 is 2.20 bits per heavy atom. The highest BCUT2D eigenvalue weighted by molar-refractivity contribution is 5.89. The lowest BCUT2D eigenvalue weighted by atomic mass is 10.0. The van der Waals surface area contributed by atoms with Gasteiger partial charge in [-0.3, -0.25) is 4.79 Å². The minimum atomic E-state index is -0.382. The van der Waals surface area contributed by atoms with Crippen molar-refractivity contribution in [2.75, 3.05) is 13.7 Å². The number of nitrogens with one attached hydrogen (secondary N) is 1. The van der Waals surface area contributed by atoms with Crippen LogP contribution in [0.4, 0.5) is 0 Å². The molecule has 0 aromatic heterocycles. The first kappa shape index (κ1) is 18.5. The van der Waals surface area contributed by atoms with E-state index < -0.39 is 0 Å². The number of rotatable bonds is 7. The summed E-state index contributed by atoms with van der Waals surface area (Å²) >= 11 is 0. The van der Waals surface area contributed by atoms with Crippen molar-refractivity contribution in [1.29, 1.82) is 0 Å². The Hall–Kier alpha value is -2.82. The van der Waals surface area contributed by atoms with E-state index in [1.165, 1.54) is 12.7 Å². The maximum atomic E-state index is 11.9. The van der Waals surface area contributed by atoms with E-state index in [1.54, 1.807) is 24.3 Å². The molecule has 0 saturated heterocycles. The molecule has 0 aliphatic carbocycles. The zero-order valence-corrected chi connectivity index (χ0v) is 14.7. The first-order valence-electron chi connectivity index (χ1n) is 8.16. The molecule has 2 rings (SSSR count). The Balaban J connectivity index is 1.77. The summed E-state index contributed by atoms with van der Waals surface area (Å²) in [6.07, 6.45) is 0. The summed E-state index contributed by atoms with van der Waals surface area (Å²) in [5.74, 6) is 0.544. The number of methoxy groups -OCH3 is 1. The second-order valence-corrected chi connectivity index (χ2v) is 5.98. The summed E-state index contributed by atoms with van der Waals surface area (Å²) in [5, 5.41) is 2.78. The predicted octanol–water partition coefficient (Wildman–Crippen LogP) is 3.29. The minimum absolute atomic E-state index is 0.0404. The fraction of sp³-hybridized carbons (Fsp3) is 0.300. The SMILES string of the molecule is COC(=O)c1ccc(CNC(=O)COc2ccc(C(C)C)cc2)cc1. The van der Waals surface area contributed by atoms with Gasteiger partial charge in [0, 0.05) is 6.54 Å². The van der Waals surface area contributed by atoms with Crippen molar-refractivity contribution in [1.82, 2.24) is 5.32 Å². The van der Waals surface area contributed by atoms with E-state index in [9.17, 15) is 9.59 Å². The summed E-state index contributed by atoms with van der Waals surface area (Å²) < 4.78 is 10.1. The first-order chi connectivity index (χ1) is 12.0. The number of hydrogen-bond acceptors (Lipinski definition) is 4. The van der Waals surface area contributed by atoms with Crippen LogP contribution in [0, 0.1) is 0 Å². The normalized spacial score (nSPS) is 10.4.